The maximum atomic E-state index is 13.2. The Morgan fingerprint density at radius 2 is 2.14 bits per heavy atom. The van der Waals surface area contributed by atoms with Gasteiger partial charge in [0.15, 0.2) is 0 Å². The molecule has 0 aliphatic heterocycles. The largest absolute Gasteiger partial charge is 0.481 e. The van der Waals surface area contributed by atoms with Crippen molar-refractivity contribution in [3.63, 3.8) is 0 Å². The van der Waals surface area contributed by atoms with Crippen LogP contribution in [0.25, 0.3) is 0 Å². The van der Waals surface area contributed by atoms with Crippen molar-refractivity contribution in [1.82, 2.24) is 0 Å². The smallest absolute Gasteiger partial charge is 0.306 e. The van der Waals surface area contributed by atoms with Gasteiger partial charge in [0.1, 0.15) is 11.5 Å². The van der Waals surface area contributed by atoms with Crippen molar-refractivity contribution >= 4 is 17.3 Å². The summed E-state index contributed by atoms with van der Waals surface area (Å²) >= 11 is 0. The minimum atomic E-state index is -0.838. The molecule has 0 spiro atoms. The van der Waals surface area contributed by atoms with Gasteiger partial charge >= 0.3 is 5.97 Å². The molecule has 114 valence electrons. The van der Waals surface area contributed by atoms with E-state index in [1.807, 2.05) is 0 Å². The zero-order valence-corrected chi connectivity index (χ0v) is 11.4. The fourth-order valence-corrected chi connectivity index (χ4v) is 2.83. The zero-order valence-electron chi connectivity index (χ0n) is 11.4. The number of aliphatic carboxylic acids is 1. The molecule has 2 atom stereocenters. The highest BCUT2D eigenvalue weighted by Crippen LogP contribution is 2.32. The van der Waals surface area contributed by atoms with Crippen LogP contribution in [0.5, 0.6) is 0 Å². The van der Waals surface area contributed by atoms with E-state index >= 15 is 0 Å². The molecule has 0 heterocycles. The molecule has 0 bridgehead atoms. The Labute approximate surface area is 121 Å². The molecule has 21 heavy (non-hydrogen) atoms. The van der Waals surface area contributed by atoms with Gasteiger partial charge < -0.3 is 10.4 Å². The minimum Gasteiger partial charge on any atom is -0.481 e. The maximum Gasteiger partial charge on any atom is 0.306 e. The summed E-state index contributed by atoms with van der Waals surface area (Å²) in [5.74, 6) is -1.95. The maximum absolute atomic E-state index is 13.2. The zero-order chi connectivity index (χ0) is 15.4. The predicted molar refractivity (Wildman–Crippen MR) is 74.6 cm³/mol. The van der Waals surface area contributed by atoms with Crippen LogP contribution in [0, 0.1) is 27.8 Å². The van der Waals surface area contributed by atoms with Crippen LogP contribution in [0.4, 0.5) is 15.8 Å². The number of rotatable bonds is 5. The van der Waals surface area contributed by atoms with E-state index in [1.54, 1.807) is 0 Å². The Hall–Kier alpha value is -2.18. The fraction of sp³-hybridized carbons (Fsp3) is 0.500. The molecule has 0 amide bonds. The molecule has 1 aromatic rings. The molecule has 0 aromatic heterocycles. The van der Waals surface area contributed by atoms with E-state index < -0.39 is 22.6 Å². The summed E-state index contributed by atoms with van der Waals surface area (Å²) in [6.07, 6.45) is 3.20. The average Bonchev–Trinajstić information content (AvgIpc) is 2.45. The van der Waals surface area contributed by atoms with Crippen LogP contribution >= 0.6 is 0 Å². The molecular weight excluding hydrogens is 279 g/mol. The van der Waals surface area contributed by atoms with Crippen molar-refractivity contribution in [3.8, 4) is 0 Å². The van der Waals surface area contributed by atoms with Crippen LogP contribution in [0.2, 0.25) is 0 Å². The Morgan fingerprint density at radius 3 is 2.81 bits per heavy atom. The number of halogens is 1. The minimum absolute atomic E-state index is 0.0923. The number of benzene rings is 1. The molecule has 1 aliphatic rings. The van der Waals surface area contributed by atoms with Crippen LogP contribution in [0.15, 0.2) is 18.2 Å². The Bertz CT molecular complexity index is 550. The van der Waals surface area contributed by atoms with Crippen molar-refractivity contribution in [2.45, 2.75) is 25.7 Å². The van der Waals surface area contributed by atoms with Crippen molar-refractivity contribution < 1.29 is 19.2 Å². The number of hydrogen-bond donors (Lipinski definition) is 2. The second-order valence-electron chi connectivity index (χ2n) is 5.29. The number of carboxylic acid groups (broad SMARTS) is 1. The summed E-state index contributed by atoms with van der Waals surface area (Å²) in [5, 5.41) is 22.9. The Kier molecular flexibility index (Phi) is 4.72. The van der Waals surface area contributed by atoms with E-state index in [2.05, 4.69) is 5.32 Å². The summed E-state index contributed by atoms with van der Waals surface area (Å²) in [6, 6.07) is 3.20. The van der Waals surface area contributed by atoms with Gasteiger partial charge in [-0.3, -0.25) is 14.9 Å². The molecule has 0 radical (unpaired) electrons. The highest BCUT2D eigenvalue weighted by atomic mass is 19.1. The molecule has 2 N–H and O–H groups in total. The number of hydrogen-bond acceptors (Lipinski definition) is 4. The molecule has 6 nitrogen and oxygen atoms in total. The lowest BCUT2D eigenvalue weighted by Crippen LogP contribution is -2.31. The molecule has 2 unspecified atom stereocenters. The molecule has 1 aliphatic carbocycles. The molecule has 7 heteroatoms. The average molecular weight is 296 g/mol. The third-order valence-electron chi connectivity index (χ3n) is 3.94. The molecule has 2 rings (SSSR count). The van der Waals surface area contributed by atoms with E-state index in [-0.39, 0.29) is 17.3 Å². The fourth-order valence-electron chi connectivity index (χ4n) is 2.83. The monoisotopic (exact) mass is 296 g/mol. The van der Waals surface area contributed by atoms with Gasteiger partial charge in [-0.1, -0.05) is 12.8 Å². The highest BCUT2D eigenvalue weighted by molar-refractivity contribution is 5.70. The number of carboxylic acids is 1. The lowest BCUT2D eigenvalue weighted by molar-refractivity contribution is -0.384. The van der Waals surface area contributed by atoms with Gasteiger partial charge in [-0.2, -0.15) is 0 Å². The number of nitrogens with zero attached hydrogens (tertiary/aromatic N) is 1. The SMILES string of the molecule is O=C(O)C1CCCCC1CNc1cc(F)ccc1[N+](=O)[O-]. The second kappa shape index (κ2) is 6.51. The molecule has 1 fully saturated rings. The normalized spacial score (nSPS) is 21.8. The number of carbonyl (C=O) groups is 1. The summed E-state index contributed by atoms with van der Waals surface area (Å²) in [5.41, 5.74) is -0.117. The van der Waals surface area contributed by atoms with Crippen LogP contribution in [-0.2, 0) is 4.79 Å². The summed E-state index contributed by atoms with van der Waals surface area (Å²) in [7, 11) is 0. The quantitative estimate of drug-likeness (QED) is 0.643. The molecule has 0 saturated heterocycles. The number of anilines is 1. The standard InChI is InChI=1S/C14H17FN2O4/c15-10-5-6-13(17(20)21)12(7-10)16-8-9-3-1-2-4-11(9)14(18)19/h5-7,9,11,16H,1-4,8H2,(H,18,19). The lowest BCUT2D eigenvalue weighted by atomic mass is 9.79. The van der Waals surface area contributed by atoms with Crippen molar-refractivity contribution in [3.05, 3.63) is 34.1 Å². The second-order valence-corrected chi connectivity index (χ2v) is 5.29. The summed E-state index contributed by atoms with van der Waals surface area (Å²) in [6.45, 7) is 0.293. The number of nitro groups is 1. The van der Waals surface area contributed by atoms with E-state index in [0.29, 0.717) is 13.0 Å². The first-order valence-corrected chi connectivity index (χ1v) is 6.89. The van der Waals surface area contributed by atoms with Crippen LogP contribution < -0.4 is 5.32 Å². The van der Waals surface area contributed by atoms with Gasteiger partial charge in [0.2, 0.25) is 0 Å². The first-order chi connectivity index (χ1) is 9.99. The lowest BCUT2D eigenvalue weighted by Gasteiger charge is -2.28. The first kappa shape index (κ1) is 15.2. The van der Waals surface area contributed by atoms with E-state index in [4.69, 9.17) is 0 Å². The van der Waals surface area contributed by atoms with Crippen molar-refractivity contribution in [2.75, 3.05) is 11.9 Å². The number of nitro benzene ring substituents is 1. The van der Waals surface area contributed by atoms with Gasteiger partial charge in [0, 0.05) is 18.7 Å². The Morgan fingerprint density at radius 1 is 1.43 bits per heavy atom. The first-order valence-electron chi connectivity index (χ1n) is 6.89. The highest BCUT2D eigenvalue weighted by Gasteiger charge is 2.30. The van der Waals surface area contributed by atoms with Gasteiger partial charge in [-0.15, -0.1) is 0 Å². The van der Waals surface area contributed by atoms with Crippen molar-refractivity contribution in [1.29, 1.82) is 0 Å². The van der Waals surface area contributed by atoms with Gasteiger partial charge in [0.05, 0.1) is 10.8 Å². The molecular formula is C14H17FN2O4. The van der Waals surface area contributed by atoms with Gasteiger partial charge in [-0.25, -0.2) is 4.39 Å². The van der Waals surface area contributed by atoms with E-state index in [9.17, 15) is 24.4 Å². The molecule has 1 aromatic carbocycles. The van der Waals surface area contributed by atoms with Gasteiger partial charge in [0.25, 0.3) is 5.69 Å². The van der Waals surface area contributed by atoms with Crippen LogP contribution in [-0.4, -0.2) is 22.5 Å². The van der Waals surface area contributed by atoms with E-state index in [0.717, 1.165) is 37.5 Å². The summed E-state index contributed by atoms with van der Waals surface area (Å²) in [4.78, 5) is 21.5. The van der Waals surface area contributed by atoms with Gasteiger partial charge in [-0.05, 0) is 24.8 Å². The van der Waals surface area contributed by atoms with Crippen LogP contribution in [0.1, 0.15) is 25.7 Å². The third-order valence-corrected chi connectivity index (χ3v) is 3.94. The van der Waals surface area contributed by atoms with E-state index in [1.165, 1.54) is 0 Å². The molecule has 1 saturated carbocycles. The topological polar surface area (TPSA) is 92.5 Å². The summed E-state index contributed by atoms with van der Waals surface area (Å²) < 4.78 is 13.2. The third kappa shape index (κ3) is 3.68. The predicted octanol–water partition coefficient (Wildman–Crippen LogP) is 3.04. The number of nitrogens with one attached hydrogen (secondary N) is 1. The Balaban J connectivity index is 2.09. The van der Waals surface area contributed by atoms with Crippen LogP contribution in [0.3, 0.4) is 0 Å². The van der Waals surface area contributed by atoms with Crippen molar-refractivity contribution in [2.24, 2.45) is 11.8 Å².